The van der Waals surface area contributed by atoms with Gasteiger partial charge in [0.2, 0.25) is 0 Å². The first-order valence-corrected chi connectivity index (χ1v) is 11.7. The number of nitrogens with one attached hydrogen (secondary N) is 1. The van der Waals surface area contributed by atoms with E-state index in [0.29, 0.717) is 24.7 Å². The summed E-state index contributed by atoms with van der Waals surface area (Å²) in [7, 11) is 0. The summed E-state index contributed by atoms with van der Waals surface area (Å²) in [4.78, 5) is 18.0. The molecule has 32 heavy (non-hydrogen) atoms. The van der Waals surface area contributed by atoms with Gasteiger partial charge in [0, 0.05) is 24.2 Å². The Labute approximate surface area is 188 Å². The summed E-state index contributed by atoms with van der Waals surface area (Å²) in [6.45, 7) is 7.18. The Morgan fingerprint density at radius 1 is 1.22 bits per heavy atom. The van der Waals surface area contributed by atoms with Crippen molar-refractivity contribution in [2.75, 3.05) is 13.2 Å². The van der Waals surface area contributed by atoms with Gasteiger partial charge in [-0.05, 0) is 59.7 Å². The van der Waals surface area contributed by atoms with Crippen molar-refractivity contribution in [3.63, 3.8) is 0 Å². The van der Waals surface area contributed by atoms with Crippen molar-refractivity contribution in [3.8, 4) is 0 Å². The van der Waals surface area contributed by atoms with E-state index in [4.69, 9.17) is 0 Å². The maximum absolute atomic E-state index is 12.9. The second-order valence-corrected chi connectivity index (χ2v) is 9.37. The molecule has 2 aromatic heterocycles. The smallest absolute Gasteiger partial charge is 0.252 e. The molecule has 0 saturated heterocycles. The van der Waals surface area contributed by atoms with Gasteiger partial charge >= 0.3 is 0 Å². The summed E-state index contributed by atoms with van der Waals surface area (Å²) in [5.74, 6) is 1.03. The number of rotatable bonds is 8. The summed E-state index contributed by atoms with van der Waals surface area (Å²) in [5.41, 5.74) is 2.56. The number of hydrogen-bond donors (Lipinski definition) is 2. The first-order valence-electron chi connectivity index (χ1n) is 11.7. The quantitative estimate of drug-likeness (QED) is 0.558. The van der Waals surface area contributed by atoms with E-state index in [1.54, 1.807) is 0 Å². The molecule has 3 aromatic rings. The average molecular weight is 439 g/mol. The maximum Gasteiger partial charge on any atom is 0.252 e. The van der Waals surface area contributed by atoms with Crippen LogP contribution in [0.3, 0.4) is 0 Å². The number of benzene rings is 1. The SMILES string of the molecule is Cc1ccc2[nH]c(=O)c(CN(CCO)C(c3nnnn3C3CCCCC3)C(C)C)cc2c1. The highest BCUT2D eigenvalue weighted by atomic mass is 16.3. The van der Waals surface area contributed by atoms with Gasteiger partial charge in [-0.15, -0.1) is 5.10 Å². The fourth-order valence-corrected chi connectivity index (χ4v) is 5.02. The topological polar surface area (TPSA) is 99.9 Å². The van der Waals surface area contributed by atoms with Crippen molar-refractivity contribution in [3.05, 3.63) is 51.6 Å². The molecule has 0 bridgehead atoms. The molecule has 0 amide bonds. The van der Waals surface area contributed by atoms with Gasteiger partial charge < -0.3 is 10.1 Å². The molecule has 1 fully saturated rings. The van der Waals surface area contributed by atoms with Crippen LogP contribution in [0.15, 0.2) is 29.1 Å². The number of aromatic nitrogens is 5. The highest BCUT2D eigenvalue weighted by Gasteiger charge is 2.32. The van der Waals surface area contributed by atoms with E-state index in [-0.39, 0.29) is 24.1 Å². The molecule has 0 aliphatic heterocycles. The molecule has 0 radical (unpaired) electrons. The maximum atomic E-state index is 12.9. The van der Waals surface area contributed by atoms with Gasteiger partial charge in [-0.3, -0.25) is 9.69 Å². The van der Waals surface area contributed by atoms with Crippen molar-refractivity contribution in [2.24, 2.45) is 5.92 Å². The van der Waals surface area contributed by atoms with Crippen LogP contribution in [0.4, 0.5) is 0 Å². The van der Waals surface area contributed by atoms with Gasteiger partial charge in [0.15, 0.2) is 5.82 Å². The van der Waals surface area contributed by atoms with Crippen molar-refractivity contribution >= 4 is 10.9 Å². The Morgan fingerprint density at radius 2 is 2.00 bits per heavy atom. The number of aromatic amines is 1. The number of aliphatic hydroxyl groups excluding tert-OH is 1. The minimum Gasteiger partial charge on any atom is -0.395 e. The summed E-state index contributed by atoms with van der Waals surface area (Å²) in [5, 5.41) is 23.7. The van der Waals surface area contributed by atoms with Crippen molar-refractivity contribution in [1.29, 1.82) is 0 Å². The lowest BCUT2D eigenvalue weighted by Crippen LogP contribution is -2.38. The molecular formula is C24H34N6O2. The Bertz CT molecular complexity index is 1100. The lowest BCUT2D eigenvalue weighted by molar-refractivity contribution is 0.103. The van der Waals surface area contributed by atoms with Crippen LogP contribution in [0.5, 0.6) is 0 Å². The molecule has 4 rings (SSSR count). The van der Waals surface area contributed by atoms with E-state index in [9.17, 15) is 9.90 Å². The molecule has 1 aliphatic carbocycles. The zero-order valence-corrected chi connectivity index (χ0v) is 19.3. The molecule has 1 atom stereocenters. The zero-order chi connectivity index (χ0) is 22.7. The first kappa shape index (κ1) is 22.6. The van der Waals surface area contributed by atoms with E-state index in [2.05, 4.69) is 45.3 Å². The number of nitrogens with zero attached hydrogens (tertiary/aromatic N) is 5. The average Bonchev–Trinajstić information content (AvgIpc) is 3.24. The third-order valence-electron chi connectivity index (χ3n) is 6.57. The minimum absolute atomic E-state index is 0.00118. The van der Waals surface area contributed by atoms with E-state index in [0.717, 1.165) is 35.1 Å². The number of hydrogen-bond acceptors (Lipinski definition) is 6. The monoisotopic (exact) mass is 438 g/mol. The zero-order valence-electron chi connectivity index (χ0n) is 19.3. The minimum atomic E-state index is -0.105. The van der Waals surface area contributed by atoms with Gasteiger partial charge in [-0.25, -0.2) is 4.68 Å². The number of fused-ring (bicyclic) bond motifs is 1. The molecular weight excluding hydrogens is 404 g/mol. The molecule has 1 unspecified atom stereocenters. The van der Waals surface area contributed by atoms with Crippen molar-refractivity contribution in [2.45, 2.75) is 71.5 Å². The van der Waals surface area contributed by atoms with Crippen molar-refractivity contribution < 1.29 is 5.11 Å². The molecule has 2 heterocycles. The van der Waals surface area contributed by atoms with E-state index in [1.165, 1.54) is 19.3 Å². The molecule has 1 aromatic carbocycles. The molecule has 8 heteroatoms. The van der Waals surface area contributed by atoms with Crippen LogP contribution in [-0.4, -0.2) is 48.3 Å². The van der Waals surface area contributed by atoms with Gasteiger partial charge in [0.1, 0.15) is 0 Å². The molecule has 0 spiro atoms. The predicted molar refractivity (Wildman–Crippen MR) is 124 cm³/mol. The largest absolute Gasteiger partial charge is 0.395 e. The molecule has 8 nitrogen and oxygen atoms in total. The van der Waals surface area contributed by atoms with Crippen LogP contribution in [-0.2, 0) is 6.54 Å². The summed E-state index contributed by atoms with van der Waals surface area (Å²) in [6.07, 6.45) is 5.84. The van der Waals surface area contributed by atoms with Gasteiger partial charge in [0.25, 0.3) is 5.56 Å². The van der Waals surface area contributed by atoms with E-state index < -0.39 is 0 Å². The fourth-order valence-electron chi connectivity index (χ4n) is 5.02. The fraction of sp³-hybridized carbons (Fsp3) is 0.583. The number of pyridine rings is 1. The van der Waals surface area contributed by atoms with Crippen LogP contribution in [0.1, 0.15) is 75.0 Å². The second kappa shape index (κ2) is 9.92. The van der Waals surface area contributed by atoms with Crippen LogP contribution < -0.4 is 5.56 Å². The highest BCUT2D eigenvalue weighted by molar-refractivity contribution is 5.79. The summed E-state index contributed by atoms with van der Waals surface area (Å²) < 4.78 is 2.00. The Kier molecular flexibility index (Phi) is 7.01. The van der Waals surface area contributed by atoms with E-state index in [1.807, 2.05) is 29.8 Å². The lowest BCUT2D eigenvalue weighted by Gasteiger charge is -2.34. The molecule has 2 N–H and O–H groups in total. The van der Waals surface area contributed by atoms with Crippen LogP contribution >= 0.6 is 0 Å². The number of H-pyrrole nitrogens is 1. The van der Waals surface area contributed by atoms with Gasteiger partial charge in [-0.1, -0.05) is 44.7 Å². The summed E-state index contributed by atoms with van der Waals surface area (Å²) >= 11 is 0. The molecule has 172 valence electrons. The van der Waals surface area contributed by atoms with Gasteiger partial charge in [0.05, 0.1) is 18.7 Å². The number of tetrazole rings is 1. The van der Waals surface area contributed by atoms with E-state index >= 15 is 0 Å². The van der Waals surface area contributed by atoms with Crippen LogP contribution in [0.25, 0.3) is 10.9 Å². The molecule has 1 saturated carbocycles. The third-order valence-corrected chi connectivity index (χ3v) is 6.57. The lowest BCUT2D eigenvalue weighted by atomic mass is 9.94. The summed E-state index contributed by atoms with van der Waals surface area (Å²) in [6, 6.07) is 8.19. The van der Waals surface area contributed by atoms with Crippen LogP contribution in [0.2, 0.25) is 0 Å². The Morgan fingerprint density at radius 3 is 2.72 bits per heavy atom. The Hall–Kier alpha value is -2.58. The number of aryl methyl sites for hydroxylation is 1. The normalized spacial score (nSPS) is 16.3. The van der Waals surface area contributed by atoms with Crippen molar-refractivity contribution in [1.82, 2.24) is 30.1 Å². The first-order chi connectivity index (χ1) is 15.5. The Balaban J connectivity index is 1.69. The van der Waals surface area contributed by atoms with Gasteiger partial charge in [-0.2, -0.15) is 0 Å². The van der Waals surface area contributed by atoms with Crippen LogP contribution in [0, 0.1) is 12.8 Å². The third kappa shape index (κ3) is 4.76. The predicted octanol–water partition coefficient (Wildman–Crippen LogP) is 3.52. The number of aliphatic hydroxyl groups is 1. The standard InChI is InChI=1S/C24H34N6O2/c1-16(2)22(23-26-27-28-30(23)20-7-5-4-6-8-20)29(11-12-31)15-19-14-18-13-17(3)9-10-21(18)25-24(19)32/h9-10,13-14,16,20,22,31H,4-8,11-12,15H2,1-3H3,(H,25,32). The highest BCUT2D eigenvalue weighted by Crippen LogP contribution is 2.33. The second-order valence-electron chi connectivity index (χ2n) is 9.37. The molecule has 1 aliphatic rings.